The summed E-state index contributed by atoms with van der Waals surface area (Å²) in [7, 11) is 0. The van der Waals surface area contributed by atoms with Crippen LogP contribution in [0, 0.1) is 0 Å². The van der Waals surface area contributed by atoms with Gasteiger partial charge in [0.05, 0.1) is 0 Å². The number of hydrogen-bond donors (Lipinski definition) is 2. The molecule has 0 fully saturated rings. The van der Waals surface area contributed by atoms with E-state index < -0.39 is 11.7 Å². The van der Waals surface area contributed by atoms with E-state index in [-0.39, 0.29) is 5.91 Å². The number of carbonyl (C=O) groups is 2. The lowest BCUT2D eigenvalue weighted by Crippen LogP contribution is -2.27. The SMILES string of the molecule is CC(C)(C)OC(=O)Nc1ccc(C(=O)Nc2ccc(Oc3ccccc3)cc2)cc1. The number of anilines is 2. The van der Waals surface area contributed by atoms with Crippen LogP contribution >= 0.6 is 0 Å². The van der Waals surface area contributed by atoms with Crippen molar-refractivity contribution in [1.29, 1.82) is 0 Å². The molecule has 3 aromatic rings. The van der Waals surface area contributed by atoms with Crippen molar-refractivity contribution in [2.24, 2.45) is 0 Å². The predicted octanol–water partition coefficient (Wildman–Crippen LogP) is 6.08. The number of benzene rings is 3. The first-order valence-corrected chi connectivity index (χ1v) is 9.53. The lowest BCUT2D eigenvalue weighted by Gasteiger charge is -2.19. The molecule has 0 aliphatic carbocycles. The highest BCUT2D eigenvalue weighted by molar-refractivity contribution is 6.04. The first-order valence-electron chi connectivity index (χ1n) is 9.53. The van der Waals surface area contributed by atoms with E-state index >= 15 is 0 Å². The molecule has 2 amide bonds. The molecule has 6 nitrogen and oxygen atoms in total. The van der Waals surface area contributed by atoms with Crippen LogP contribution in [0.2, 0.25) is 0 Å². The second-order valence-corrected chi connectivity index (χ2v) is 7.60. The molecule has 0 saturated carbocycles. The van der Waals surface area contributed by atoms with Crippen LogP contribution in [-0.4, -0.2) is 17.6 Å². The summed E-state index contributed by atoms with van der Waals surface area (Å²) in [5.41, 5.74) is 1.08. The molecule has 0 saturated heterocycles. The summed E-state index contributed by atoms with van der Waals surface area (Å²) < 4.78 is 10.9. The van der Waals surface area contributed by atoms with Crippen molar-refractivity contribution in [3.63, 3.8) is 0 Å². The van der Waals surface area contributed by atoms with E-state index in [2.05, 4.69) is 10.6 Å². The van der Waals surface area contributed by atoms with Gasteiger partial charge in [-0.3, -0.25) is 10.1 Å². The molecule has 0 atom stereocenters. The van der Waals surface area contributed by atoms with Crippen LogP contribution in [0.5, 0.6) is 11.5 Å². The van der Waals surface area contributed by atoms with Crippen molar-refractivity contribution in [2.45, 2.75) is 26.4 Å². The maximum atomic E-state index is 12.5. The van der Waals surface area contributed by atoms with Gasteiger partial charge >= 0.3 is 6.09 Å². The molecule has 0 heterocycles. The minimum absolute atomic E-state index is 0.254. The molecule has 0 radical (unpaired) electrons. The van der Waals surface area contributed by atoms with Crippen molar-refractivity contribution in [3.8, 4) is 11.5 Å². The van der Waals surface area contributed by atoms with E-state index in [9.17, 15) is 9.59 Å². The van der Waals surface area contributed by atoms with Gasteiger partial charge < -0.3 is 14.8 Å². The molecule has 0 bridgehead atoms. The second-order valence-electron chi connectivity index (χ2n) is 7.60. The van der Waals surface area contributed by atoms with Gasteiger partial charge in [-0.2, -0.15) is 0 Å². The number of carbonyl (C=O) groups excluding carboxylic acids is 2. The number of para-hydroxylation sites is 1. The summed E-state index contributed by atoms with van der Waals surface area (Å²) >= 11 is 0. The normalized spacial score (nSPS) is 10.8. The highest BCUT2D eigenvalue weighted by atomic mass is 16.6. The van der Waals surface area contributed by atoms with Crippen molar-refractivity contribution in [1.82, 2.24) is 0 Å². The van der Waals surface area contributed by atoms with Gasteiger partial charge in [0.1, 0.15) is 17.1 Å². The fraction of sp³-hybridized carbons (Fsp3) is 0.167. The molecule has 30 heavy (non-hydrogen) atoms. The summed E-state index contributed by atoms with van der Waals surface area (Å²) in [5, 5.41) is 5.47. The Bertz CT molecular complexity index is 992. The highest BCUT2D eigenvalue weighted by Crippen LogP contribution is 2.23. The number of hydrogen-bond acceptors (Lipinski definition) is 4. The lowest BCUT2D eigenvalue weighted by atomic mass is 10.2. The molecule has 3 aromatic carbocycles. The summed E-state index contributed by atoms with van der Waals surface area (Å²) in [6.07, 6.45) is -0.544. The third-order valence-corrected chi connectivity index (χ3v) is 3.88. The van der Waals surface area contributed by atoms with Crippen LogP contribution in [0.15, 0.2) is 78.9 Å². The standard InChI is InChI=1S/C24H24N2O4/c1-24(2,3)30-23(28)26-19-11-9-17(10-12-19)22(27)25-18-13-15-21(16-14-18)29-20-7-5-4-6-8-20/h4-16H,1-3H3,(H,25,27)(H,26,28). The minimum Gasteiger partial charge on any atom is -0.457 e. The van der Waals surface area contributed by atoms with E-state index in [0.29, 0.717) is 22.7 Å². The van der Waals surface area contributed by atoms with Gasteiger partial charge in [-0.25, -0.2) is 4.79 Å². The topological polar surface area (TPSA) is 76.7 Å². The fourth-order valence-corrected chi connectivity index (χ4v) is 2.56. The van der Waals surface area contributed by atoms with Gasteiger partial charge in [0.25, 0.3) is 5.91 Å². The lowest BCUT2D eigenvalue weighted by molar-refractivity contribution is 0.0636. The van der Waals surface area contributed by atoms with E-state index in [1.807, 2.05) is 30.3 Å². The average molecular weight is 404 g/mol. The molecule has 2 N–H and O–H groups in total. The number of rotatable bonds is 5. The Kier molecular flexibility index (Phi) is 6.37. The van der Waals surface area contributed by atoms with Gasteiger partial charge in [0.2, 0.25) is 0 Å². The maximum absolute atomic E-state index is 12.5. The van der Waals surface area contributed by atoms with E-state index in [4.69, 9.17) is 9.47 Å². The molecule has 6 heteroatoms. The van der Waals surface area contributed by atoms with Crippen molar-refractivity contribution in [3.05, 3.63) is 84.4 Å². The number of amides is 2. The quantitative estimate of drug-likeness (QED) is 0.540. The van der Waals surface area contributed by atoms with Gasteiger partial charge in [0.15, 0.2) is 0 Å². The van der Waals surface area contributed by atoms with E-state index in [1.165, 1.54) is 0 Å². The monoisotopic (exact) mass is 404 g/mol. The zero-order chi connectivity index (χ0) is 21.6. The average Bonchev–Trinajstić information content (AvgIpc) is 2.69. The highest BCUT2D eigenvalue weighted by Gasteiger charge is 2.16. The van der Waals surface area contributed by atoms with Crippen LogP contribution in [0.1, 0.15) is 31.1 Å². The second kappa shape index (κ2) is 9.13. The van der Waals surface area contributed by atoms with Crippen molar-refractivity contribution >= 4 is 23.4 Å². The fourth-order valence-electron chi connectivity index (χ4n) is 2.56. The van der Waals surface area contributed by atoms with E-state index in [1.54, 1.807) is 69.3 Å². The summed E-state index contributed by atoms with van der Waals surface area (Å²) in [5.74, 6) is 1.17. The van der Waals surface area contributed by atoms with Crippen molar-refractivity contribution in [2.75, 3.05) is 10.6 Å². The van der Waals surface area contributed by atoms with Crippen molar-refractivity contribution < 1.29 is 19.1 Å². The van der Waals surface area contributed by atoms with Crippen LogP contribution in [-0.2, 0) is 4.74 Å². The Hall–Kier alpha value is -3.80. The first-order chi connectivity index (χ1) is 14.3. The molecule has 0 aliphatic rings. The van der Waals surface area contributed by atoms with E-state index in [0.717, 1.165) is 5.75 Å². The van der Waals surface area contributed by atoms with Gasteiger partial charge in [0, 0.05) is 16.9 Å². The van der Waals surface area contributed by atoms with Gasteiger partial charge in [-0.05, 0) is 81.4 Å². The molecule has 0 aliphatic heterocycles. The zero-order valence-corrected chi connectivity index (χ0v) is 17.1. The number of ether oxygens (including phenoxy) is 2. The molecule has 0 aromatic heterocycles. The van der Waals surface area contributed by atoms with Crippen LogP contribution in [0.25, 0.3) is 0 Å². The first kappa shape index (κ1) is 20.9. The van der Waals surface area contributed by atoms with Gasteiger partial charge in [-0.15, -0.1) is 0 Å². The third-order valence-electron chi connectivity index (χ3n) is 3.88. The van der Waals surface area contributed by atoms with Gasteiger partial charge in [-0.1, -0.05) is 18.2 Å². The smallest absolute Gasteiger partial charge is 0.412 e. The third kappa shape index (κ3) is 6.38. The zero-order valence-electron chi connectivity index (χ0n) is 17.1. The molecule has 0 spiro atoms. The largest absolute Gasteiger partial charge is 0.457 e. The summed E-state index contributed by atoms with van der Waals surface area (Å²) in [6, 6.07) is 23.2. The summed E-state index contributed by atoms with van der Waals surface area (Å²) in [4.78, 5) is 24.3. The molecular formula is C24H24N2O4. The maximum Gasteiger partial charge on any atom is 0.412 e. The Balaban J connectivity index is 1.56. The Morgan fingerprint density at radius 1 is 0.700 bits per heavy atom. The molecule has 154 valence electrons. The minimum atomic E-state index is -0.578. The predicted molar refractivity (Wildman–Crippen MR) is 117 cm³/mol. The summed E-state index contributed by atoms with van der Waals surface area (Å²) in [6.45, 7) is 5.38. The van der Waals surface area contributed by atoms with Crippen LogP contribution in [0.4, 0.5) is 16.2 Å². The van der Waals surface area contributed by atoms with Crippen LogP contribution < -0.4 is 15.4 Å². The van der Waals surface area contributed by atoms with Crippen LogP contribution in [0.3, 0.4) is 0 Å². The number of nitrogens with one attached hydrogen (secondary N) is 2. The molecule has 3 rings (SSSR count). The molecule has 0 unspecified atom stereocenters. The Morgan fingerprint density at radius 3 is 1.83 bits per heavy atom. The molecular weight excluding hydrogens is 380 g/mol. The Labute approximate surface area is 175 Å². The Morgan fingerprint density at radius 2 is 1.23 bits per heavy atom.